The SMILES string of the molecule is CC(=O)NC[C@H]1CN(c2cc(F)c(Nc3ccc4ccccc4cc3=O)c(F)c2)C(=O)O1. The highest BCUT2D eigenvalue weighted by molar-refractivity contribution is 5.90. The van der Waals surface area contributed by atoms with Crippen LogP contribution in [0.2, 0.25) is 0 Å². The molecule has 164 valence electrons. The Labute approximate surface area is 181 Å². The van der Waals surface area contributed by atoms with Crippen molar-refractivity contribution < 1.29 is 23.1 Å². The quantitative estimate of drug-likeness (QED) is 0.633. The normalized spacial score (nSPS) is 15.5. The van der Waals surface area contributed by atoms with Gasteiger partial charge in [0.05, 0.1) is 24.5 Å². The van der Waals surface area contributed by atoms with Crippen LogP contribution in [-0.2, 0) is 9.53 Å². The predicted octanol–water partition coefficient (Wildman–Crippen LogP) is 3.68. The zero-order valence-corrected chi connectivity index (χ0v) is 17.0. The van der Waals surface area contributed by atoms with Gasteiger partial charge in [0.2, 0.25) is 11.3 Å². The molecule has 0 unspecified atom stereocenters. The van der Waals surface area contributed by atoms with E-state index in [1.165, 1.54) is 19.1 Å². The molecule has 1 aliphatic heterocycles. The Kier molecular flexibility index (Phi) is 5.72. The van der Waals surface area contributed by atoms with Crippen LogP contribution in [-0.4, -0.2) is 31.2 Å². The largest absolute Gasteiger partial charge is 0.442 e. The zero-order valence-electron chi connectivity index (χ0n) is 17.0. The summed E-state index contributed by atoms with van der Waals surface area (Å²) in [5, 5.41) is 6.56. The van der Waals surface area contributed by atoms with E-state index in [1.54, 1.807) is 18.2 Å². The lowest BCUT2D eigenvalue weighted by Gasteiger charge is -2.15. The Hall–Kier alpha value is -4.01. The van der Waals surface area contributed by atoms with E-state index in [2.05, 4.69) is 10.6 Å². The van der Waals surface area contributed by atoms with E-state index < -0.39 is 34.9 Å². The van der Waals surface area contributed by atoms with Gasteiger partial charge in [0.1, 0.15) is 11.8 Å². The molecule has 0 spiro atoms. The van der Waals surface area contributed by atoms with Crippen molar-refractivity contribution in [2.75, 3.05) is 23.3 Å². The van der Waals surface area contributed by atoms with Crippen LogP contribution >= 0.6 is 0 Å². The summed E-state index contributed by atoms with van der Waals surface area (Å²) >= 11 is 0. The lowest BCUT2D eigenvalue weighted by atomic mass is 10.2. The minimum atomic E-state index is -0.978. The lowest BCUT2D eigenvalue weighted by molar-refractivity contribution is -0.119. The van der Waals surface area contributed by atoms with E-state index in [9.17, 15) is 23.2 Å². The Balaban J connectivity index is 1.60. The highest BCUT2D eigenvalue weighted by atomic mass is 19.1. The molecule has 4 rings (SSSR count). The second-order valence-corrected chi connectivity index (χ2v) is 7.35. The van der Waals surface area contributed by atoms with Gasteiger partial charge < -0.3 is 15.4 Å². The molecule has 0 aromatic heterocycles. The third kappa shape index (κ3) is 4.36. The maximum Gasteiger partial charge on any atom is 0.414 e. The van der Waals surface area contributed by atoms with Crippen molar-refractivity contribution in [1.82, 2.24) is 5.32 Å². The molecule has 0 radical (unpaired) electrons. The van der Waals surface area contributed by atoms with Gasteiger partial charge in [-0.3, -0.25) is 14.5 Å². The van der Waals surface area contributed by atoms with Crippen molar-refractivity contribution >= 4 is 39.8 Å². The maximum atomic E-state index is 14.8. The Morgan fingerprint density at radius 2 is 1.75 bits per heavy atom. The summed E-state index contributed by atoms with van der Waals surface area (Å²) in [5.74, 6) is -2.24. The number of carbonyl (C=O) groups excluding carboxylic acids is 2. The number of fused-ring (bicyclic) bond motifs is 1. The Morgan fingerprint density at radius 3 is 2.44 bits per heavy atom. The molecule has 1 aliphatic rings. The van der Waals surface area contributed by atoms with Crippen LogP contribution in [0.5, 0.6) is 0 Å². The number of hydrogen-bond acceptors (Lipinski definition) is 5. The first-order valence-corrected chi connectivity index (χ1v) is 9.83. The maximum absolute atomic E-state index is 14.8. The number of carbonyl (C=O) groups is 2. The molecule has 3 aromatic rings. The fourth-order valence-corrected chi connectivity index (χ4v) is 3.44. The summed E-state index contributed by atoms with van der Waals surface area (Å²) in [6.45, 7) is 1.44. The number of amides is 2. The third-order valence-electron chi connectivity index (χ3n) is 5.03. The number of nitrogens with one attached hydrogen (secondary N) is 2. The van der Waals surface area contributed by atoms with Crippen LogP contribution in [0.25, 0.3) is 10.8 Å². The average Bonchev–Trinajstić information content (AvgIpc) is 3.04. The number of hydrogen-bond donors (Lipinski definition) is 2. The van der Waals surface area contributed by atoms with Gasteiger partial charge in [-0.1, -0.05) is 30.3 Å². The first-order chi connectivity index (χ1) is 15.3. The molecule has 2 amide bonds. The van der Waals surface area contributed by atoms with Crippen molar-refractivity contribution in [3.8, 4) is 0 Å². The summed E-state index contributed by atoms with van der Waals surface area (Å²) < 4.78 is 34.7. The molecular formula is C23H19F2N3O4. The summed E-state index contributed by atoms with van der Waals surface area (Å²) in [4.78, 5) is 36.7. The number of cyclic esters (lactones) is 1. The van der Waals surface area contributed by atoms with Gasteiger partial charge >= 0.3 is 6.09 Å². The Morgan fingerprint density at radius 1 is 1.06 bits per heavy atom. The number of nitrogens with zero attached hydrogens (tertiary/aromatic N) is 1. The molecular weight excluding hydrogens is 420 g/mol. The fraction of sp³-hybridized carbons (Fsp3) is 0.174. The van der Waals surface area contributed by atoms with Crippen molar-refractivity contribution in [2.24, 2.45) is 0 Å². The molecule has 0 bridgehead atoms. The molecule has 1 atom stereocenters. The second-order valence-electron chi connectivity index (χ2n) is 7.35. The summed E-state index contributed by atoms with van der Waals surface area (Å²) in [7, 11) is 0. The molecule has 9 heteroatoms. The van der Waals surface area contributed by atoms with Crippen molar-refractivity contribution in [2.45, 2.75) is 13.0 Å². The molecule has 1 fully saturated rings. The van der Waals surface area contributed by atoms with Crippen LogP contribution in [0.1, 0.15) is 6.92 Å². The number of rotatable bonds is 5. The topological polar surface area (TPSA) is 87.7 Å². The van der Waals surface area contributed by atoms with Gasteiger partial charge in [-0.05, 0) is 22.9 Å². The van der Waals surface area contributed by atoms with Crippen LogP contribution in [0, 0.1) is 11.6 Å². The van der Waals surface area contributed by atoms with Crippen molar-refractivity contribution in [3.05, 3.63) is 76.5 Å². The molecule has 0 aliphatic carbocycles. The highest BCUT2D eigenvalue weighted by Crippen LogP contribution is 2.30. The molecule has 0 saturated carbocycles. The molecule has 32 heavy (non-hydrogen) atoms. The number of benzene rings is 2. The van der Waals surface area contributed by atoms with Gasteiger partial charge in [-0.25, -0.2) is 13.6 Å². The van der Waals surface area contributed by atoms with Gasteiger partial charge in [0, 0.05) is 19.1 Å². The zero-order chi connectivity index (χ0) is 22.8. The second kappa shape index (κ2) is 8.62. The number of halogens is 2. The van der Waals surface area contributed by atoms with E-state index in [1.807, 2.05) is 12.1 Å². The van der Waals surface area contributed by atoms with Crippen LogP contribution < -0.4 is 21.0 Å². The number of ether oxygens (including phenoxy) is 1. The van der Waals surface area contributed by atoms with E-state index in [4.69, 9.17) is 4.74 Å². The predicted molar refractivity (Wildman–Crippen MR) is 116 cm³/mol. The standard InChI is InChI=1S/C23H19F2N3O4/c1-13(29)26-11-17-12-28(23(31)32-17)16-9-18(24)22(19(25)10-16)27-20-7-6-14-4-2-3-5-15(14)8-21(20)30/h2-10,17H,11-12H2,1H3,(H,26,29)(H,27,30)/t17-/m0/s1. The van der Waals surface area contributed by atoms with Gasteiger partial charge in [0.15, 0.2) is 11.6 Å². The first kappa shape index (κ1) is 21.2. The molecule has 1 saturated heterocycles. The van der Waals surface area contributed by atoms with E-state index in [0.717, 1.165) is 22.4 Å². The summed E-state index contributed by atoms with van der Waals surface area (Å²) in [6.07, 6.45) is -1.42. The summed E-state index contributed by atoms with van der Waals surface area (Å²) in [6, 6.07) is 13.7. The first-order valence-electron chi connectivity index (χ1n) is 9.83. The van der Waals surface area contributed by atoms with Crippen molar-refractivity contribution in [1.29, 1.82) is 0 Å². The molecule has 1 heterocycles. The highest BCUT2D eigenvalue weighted by Gasteiger charge is 2.33. The molecule has 2 N–H and O–H groups in total. The number of anilines is 3. The molecule has 7 nitrogen and oxygen atoms in total. The summed E-state index contributed by atoms with van der Waals surface area (Å²) in [5.41, 5.74) is -0.975. The third-order valence-corrected chi connectivity index (χ3v) is 5.03. The Bertz CT molecular complexity index is 1260. The van der Waals surface area contributed by atoms with Crippen LogP contribution in [0.3, 0.4) is 0 Å². The van der Waals surface area contributed by atoms with Gasteiger partial charge in [-0.15, -0.1) is 0 Å². The smallest absolute Gasteiger partial charge is 0.414 e. The van der Waals surface area contributed by atoms with E-state index in [-0.39, 0.29) is 30.4 Å². The van der Waals surface area contributed by atoms with E-state index >= 15 is 0 Å². The minimum absolute atomic E-state index is 0.00250. The monoisotopic (exact) mass is 439 g/mol. The average molecular weight is 439 g/mol. The fourth-order valence-electron chi connectivity index (χ4n) is 3.44. The van der Waals surface area contributed by atoms with Gasteiger partial charge in [-0.2, -0.15) is 0 Å². The lowest BCUT2D eigenvalue weighted by Crippen LogP contribution is -2.33. The van der Waals surface area contributed by atoms with Crippen LogP contribution in [0.4, 0.5) is 30.6 Å². The van der Waals surface area contributed by atoms with Crippen molar-refractivity contribution in [3.63, 3.8) is 0 Å². The van der Waals surface area contributed by atoms with Crippen LogP contribution in [0.15, 0.2) is 59.4 Å². The minimum Gasteiger partial charge on any atom is -0.442 e. The molecule has 3 aromatic carbocycles. The van der Waals surface area contributed by atoms with E-state index in [0.29, 0.717) is 5.39 Å². The van der Waals surface area contributed by atoms with Gasteiger partial charge in [0.25, 0.3) is 0 Å².